The molecule has 0 spiro atoms. The van der Waals surface area contributed by atoms with Gasteiger partial charge in [0.1, 0.15) is 5.56 Å². The Balaban J connectivity index is 2.33. The maximum atomic E-state index is 11.7. The van der Waals surface area contributed by atoms with Crippen LogP contribution in [0.2, 0.25) is 0 Å². The summed E-state index contributed by atoms with van der Waals surface area (Å²) in [6.45, 7) is 1.84. The smallest absolute Gasteiger partial charge is 0.344 e. The third-order valence-corrected chi connectivity index (χ3v) is 3.84. The fraction of sp³-hybridized carbons (Fsp3) is 0.500. The van der Waals surface area contributed by atoms with Crippen molar-refractivity contribution in [3.8, 4) is 0 Å². The second-order valence-electron chi connectivity index (χ2n) is 5.46. The van der Waals surface area contributed by atoms with Gasteiger partial charge in [-0.15, -0.1) is 0 Å². The van der Waals surface area contributed by atoms with Crippen LogP contribution in [0, 0.1) is 16.0 Å². The highest BCUT2D eigenvalue weighted by Crippen LogP contribution is 2.41. The lowest BCUT2D eigenvalue weighted by Crippen LogP contribution is -2.41. The molecule has 2 N–H and O–H groups in total. The molecule has 1 aliphatic rings. The van der Waals surface area contributed by atoms with Gasteiger partial charge in [-0.1, -0.05) is 0 Å². The number of carbonyl (C=O) groups excluding carboxylic acids is 1. The topological polar surface area (TPSA) is 102 Å². The summed E-state index contributed by atoms with van der Waals surface area (Å²) in [6.07, 6.45) is 2.06. The van der Waals surface area contributed by atoms with Gasteiger partial charge in [-0.3, -0.25) is 10.1 Å². The first-order valence-electron chi connectivity index (χ1n) is 6.67. The van der Waals surface area contributed by atoms with Crippen molar-refractivity contribution in [3.63, 3.8) is 0 Å². The highest BCUT2D eigenvalue weighted by molar-refractivity contribution is 5.95. The van der Waals surface area contributed by atoms with E-state index in [2.05, 4.69) is 10.1 Å². The lowest BCUT2D eigenvalue weighted by atomic mass is 9.96. The summed E-state index contributed by atoms with van der Waals surface area (Å²) in [5.41, 5.74) is -0.360. The fourth-order valence-electron chi connectivity index (χ4n) is 2.37. The number of nitro benzene ring substituents is 1. The van der Waals surface area contributed by atoms with Crippen LogP contribution in [0.4, 0.5) is 11.4 Å². The van der Waals surface area contributed by atoms with Gasteiger partial charge in [0.15, 0.2) is 0 Å². The molecule has 0 bridgehead atoms. The van der Waals surface area contributed by atoms with Gasteiger partial charge in [0, 0.05) is 11.8 Å². The van der Waals surface area contributed by atoms with Gasteiger partial charge in [0.2, 0.25) is 0 Å². The van der Waals surface area contributed by atoms with E-state index in [9.17, 15) is 20.0 Å². The number of hydrogen-bond acceptors (Lipinski definition) is 6. The zero-order valence-corrected chi connectivity index (χ0v) is 12.0. The molecule has 0 aromatic heterocycles. The summed E-state index contributed by atoms with van der Waals surface area (Å²) < 4.78 is 4.58. The Bertz CT molecular complexity index is 570. The predicted octanol–water partition coefficient (Wildman–Crippen LogP) is 1.95. The number of rotatable bonds is 6. The second kappa shape index (κ2) is 5.69. The minimum atomic E-state index is -0.762. The van der Waals surface area contributed by atoms with E-state index >= 15 is 0 Å². The number of nitrogens with zero attached hydrogens (tertiary/aromatic N) is 1. The molecule has 1 aromatic rings. The molecule has 1 aliphatic carbocycles. The molecular weight excluding hydrogens is 276 g/mol. The maximum Gasteiger partial charge on any atom is 0.344 e. The van der Waals surface area contributed by atoms with Crippen LogP contribution >= 0.6 is 0 Å². The van der Waals surface area contributed by atoms with E-state index in [4.69, 9.17) is 0 Å². The number of benzene rings is 1. The molecule has 7 nitrogen and oxygen atoms in total. The third-order valence-electron chi connectivity index (χ3n) is 3.84. The van der Waals surface area contributed by atoms with E-state index in [0.717, 1.165) is 12.8 Å². The van der Waals surface area contributed by atoms with Crippen molar-refractivity contribution in [3.05, 3.63) is 33.9 Å². The van der Waals surface area contributed by atoms with E-state index in [-0.39, 0.29) is 17.9 Å². The van der Waals surface area contributed by atoms with Crippen molar-refractivity contribution >= 4 is 17.3 Å². The molecule has 1 atom stereocenters. The van der Waals surface area contributed by atoms with Crippen LogP contribution in [0.1, 0.15) is 30.1 Å². The number of methoxy groups -OCH3 is 1. The van der Waals surface area contributed by atoms with Crippen molar-refractivity contribution in [1.82, 2.24) is 0 Å². The minimum Gasteiger partial charge on any atom is -0.465 e. The van der Waals surface area contributed by atoms with Gasteiger partial charge in [0.05, 0.1) is 24.2 Å². The van der Waals surface area contributed by atoms with E-state index in [1.807, 2.05) is 6.92 Å². The maximum absolute atomic E-state index is 11.7. The molecule has 1 fully saturated rings. The Kier molecular flexibility index (Phi) is 4.13. The highest BCUT2D eigenvalue weighted by Gasteiger charge is 2.41. The summed E-state index contributed by atoms with van der Waals surface area (Å²) in [4.78, 5) is 22.0. The van der Waals surface area contributed by atoms with E-state index in [1.54, 1.807) is 0 Å². The molecule has 0 heterocycles. The largest absolute Gasteiger partial charge is 0.465 e. The van der Waals surface area contributed by atoms with Gasteiger partial charge in [0.25, 0.3) is 5.69 Å². The quantitative estimate of drug-likeness (QED) is 0.472. The summed E-state index contributed by atoms with van der Waals surface area (Å²) in [7, 11) is 1.17. The average Bonchev–Trinajstić information content (AvgIpc) is 3.31. The first kappa shape index (κ1) is 15.2. The molecule has 0 radical (unpaired) electrons. The van der Waals surface area contributed by atoms with Gasteiger partial charge in [-0.05, 0) is 37.8 Å². The predicted molar refractivity (Wildman–Crippen MR) is 76.3 cm³/mol. The lowest BCUT2D eigenvalue weighted by molar-refractivity contribution is -0.385. The van der Waals surface area contributed by atoms with Crippen LogP contribution in [0.15, 0.2) is 18.2 Å². The Labute approximate surface area is 122 Å². The summed E-state index contributed by atoms with van der Waals surface area (Å²) in [5.74, 6) is -0.401. The first-order chi connectivity index (χ1) is 9.91. The molecule has 0 aliphatic heterocycles. The monoisotopic (exact) mass is 294 g/mol. The molecule has 2 rings (SSSR count). The SMILES string of the molecule is COC(=O)c1cc(NC(C)(CO)C2CC2)ccc1[N+](=O)[O-]. The molecule has 7 heteroatoms. The fourth-order valence-corrected chi connectivity index (χ4v) is 2.37. The molecule has 21 heavy (non-hydrogen) atoms. The number of nitro groups is 1. The molecule has 1 unspecified atom stereocenters. The van der Waals surface area contributed by atoms with E-state index < -0.39 is 16.4 Å². The molecular formula is C14H18N2O5. The van der Waals surface area contributed by atoms with Crippen LogP contribution in [0.5, 0.6) is 0 Å². The second-order valence-corrected chi connectivity index (χ2v) is 5.46. The zero-order chi connectivity index (χ0) is 15.6. The average molecular weight is 294 g/mol. The number of aliphatic hydroxyl groups is 1. The summed E-state index contributed by atoms with van der Waals surface area (Å²) >= 11 is 0. The van der Waals surface area contributed by atoms with Gasteiger partial charge < -0.3 is 15.2 Å². The first-order valence-corrected chi connectivity index (χ1v) is 6.67. The minimum absolute atomic E-state index is 0.0534. The zero-order valence-electron chi connectivity index (χ0n) is 12.0. The van der Waals surface area contributed by atoms with Crippen LogP contribution in [0.25, 0.3) is 0 Å². The third kappa shape index (κ3) is 3.13. The van der Waals surface area contributed by atoms with Crippen LogP contribution in [-0.4, -0.2) is 35.3 Å². The van der Waals surface area contributed by atoms with E-state index in [1.165, 1.54) is 25.3 Å². The molecule has 1 aromatic carbocycles. The Morgan fingerprint density at radius 3 is 2.71 bits per heavy atom. The number of ether oxygens (including phenoxy) is 1. The molecule has 0 amide bonds. The number of anilines is 1. The lowest BCUT2D eigenvalue weighted by Gasteiger charge is -2.30. The summed E-state index contributed by atoms with van der Waals surface area (Å²) in [6, 6.07) is 4.18. The van der Waals surface area contributed by atoms with Crippen molar-refractivity contribution in [1.29, 1.82) is 0 Å². The number of nitrogens with one attached hydrogen (secondary N) is 1. The van der Waals surface area contributed by atoms with Gasteiger partial charge in [-0.2, -0.15) is 0 Å². The Hall–Kier alpha value is -2.15. The van der Waals surface area contributed by atoms with Crippen molar-refractivity contribution < 1.29 is 19.6 Å². The molecule has 114 valence electrons. The number of carbonyl (C=O) groups is 1. The van der Waals surface area contributed by atoms with Crippen molar-refractivity contribution in [2.75, 3.05) is 19.0 Å². The normalized spacial score (nSPS) is 16.9. The Morgan fingerprint density at radius 2 is 2.24 bits per heavy atom. The standard InChI is InChI=1S/C14H18N2O5/c1-14(8-17,9-3-4-9)15-10-5-6-12(16(19)20)11(7-10)13(18)21-2/h5-7,9,15,17H,3-4,8H2,1-2H3. The Morgan fingerprint density at radius 1 is 1.57 bits per heavy atom. The van der Waals surface area contributed by atoms with Crippen molar-refractivity contribution in [2.24, 2.45) is 5.92 Å². The number of hydrogen-bond donors (Lipinski definition) is 2. The van der Waals surface area contributed by atoms with Gasteiger partial charge >= 0.3 is 5.97 Å². The van der Waals surface area contributed by atoms with Crippen LogP contribution in [-0.2, 0) is 4.74 Å². The highest BCUT2D eigenvalue weighted by atomic mass is 16.6. The van der Waals surface area contributed by atoms with Crippen LogP contribution < -0.4 is 5.32 Å². The van der Waals surface area contributed by atoms with Crippen molar-refractivity contribution in [2.45, 2.75) is 25.3 Å². The number of esters is 1. The molecule has 0 saturated heterocycles. The molecule has 1 saturated carbocycles. The van der Waals surface area contributed by atoms with E-state index in [0.29, 0.717) is 11.6 Å². The van der Waals surface area contributed by atoms with Crippen LogP contribution in [0.3, 0.4) is 0 Å². The number of aliphatic hydroxyl groups excluding tert-OH is 1. The summed E-state index contributed by atoms with van der Waals surface area (Å²) in [5, 5.41) is 23.7. The van der Waals surface area contributed by atoms with Gasteiger partial charge in [-0.25, -0.2) is 4.79 Å².